The third-order valence-electron chi connectivity index (χ3n) is 4.05. The number of rotatable bonds is 8. The molecule has 0 heterocycles. The van der Waals surface area contributed by atoms with Crippen LogP contribution in [0.2, 0.25) is 5.02 Å². The fourth-order valence-corrected chi connectivity index (χ4v) is 2.81. The molecular formula is C21H23ClO5. The van der Waals surface area contributed by atoms with Crippen LogP contribution in [0.4, 0.5) is 0 Å². The molecule has 2 aromatic carbocycles. The van der Waals surface area contributed by atoms with Crippen molar-refractivity contribution >= 4 is 23.4 Å². The maximum absolute atomic E-state index is 12.5. The summed E-state index contributed by atoms with van der Waals surface area (Å²) in [5.41, 5.74) is 1.81. The molecule has 0 radical (unpaired) electrons. The van der Waals surface area contributed by atoms with Gasteiger partial charge < -0.3 is 14.2 Å². The summed E-state index contributed by atoms with van der Waals surface area (Å²) in [6, 6.07) is 10.2. The highest BCUT2D eigenvalue weighted by Gasteiger charge is 2.22. The van der Waals surface area contributed by atoms with Crippen molar-refractivity contribution in [2.24, 2.45) is 0 Å². The molecule has 0 unspecified atom stereocenters. The van der Waals surface area contributed by atoms with Crippen molar-refractivity contribution in [2.45, 2.75) is 33.3 Å². The van der Waals surface area contributed by atoms with Crippen molar-refractivity contribution < 1.29 is 23.8 Å². The number of Topliss-reactive ketones (excluding diaryl/α,β-unsaturated/α-hetero) is 1. The van der Waals surface area contributed by atoms with E-state index in [2.05, 4.69) is 0 Å². The topological polar surface area (TPSA) is 61.8 Å². The number of aryl methyl sites for hydroxylation is 1. The number of hydrogen-bond acceptors (Lipinski definition) is 5. The van der Waals surface area contributed by atoms with Crippen LogP contribution in [0.1, 0.15) is 47.1 Å². The van der Waals surface area contributed by atoms with Gasteiger partial charge in [0.05, 0.1) is 24.3 Å². The molecule has 0 fully saturated rings. The van der Waals surface area contributed by atoms with Crippen LogP contribution < -0.4 is 9.47 Å². The summed E-state index contributed by atoms with van der Waals surface area (Å²) in [6.45, 7) is 5.80. The number of esters is 1. The van der Waals surface area contributed by atoms with E-state index in [0.29, 0.717) is 23.7 Å². The van der Waals surface area contributed by atoms with E-state index in [1.807, 2.05) is 26.0 Å². The zero-order valence-electron chi connectivity index (χ0n) is 15.9. The average Bonchev–Trinajstić information content (AvgIpc) is 2.68. The zero-order valence-corrected chi connectivity index (χ0v) is 16.6. The molecule has 0 amide bonds. The number of ketones is 1. The minimum Gasteiger partial charge on any atom is -0.493 e. The van der Waals surface area contributed by atoms with Crippen LogP contribution >= 0.6 is 11.6 Å². The second-order valence-corrected chi connectivity index (χ2v) is 6.29. The molecule has 144 valence electrons. The van der Waals surface area contributed by atoms with Crippen LogP contribution in [0, 0.1) is 0 Å². The summed E-state index contributed by atoms with van der Waals surface area (Å²) in [6.07, 6.45) is -0.0411. The Hall–Kier alpha value is -2.53. The van der Waals surface area contributed by atoms with E-state index < -0.39 is 12.1 Å². The van der Waals surface area contributed by atoms with Crippen molar-refractivity contribution in [1.82, 2.24) is 0 Å². The number of carbonyl (C=O) groups is 2. The molecule has 27 heavy (non-hydrogen) atoms. The van der Waals surface area contributed by atoms with Crippen molar-refractivity contribution in [3.63, 3.8) is 0 Å². The standard InChI is InChI=1S/C21H23ClO5/c1-5-14-7-9-15(10-8-14)19(23)13(3)27-21(24)16-11-17(22)20(26-6-2)18(12-16)25-4/h7-13H,5-6H2,1-4H3/t13-/m1/s1. The van der Waals surface area contributed by atoms with Crippen molar-refractivity contribution in [2.75, 3.05) is 13.7 Å². The first-order valence-electron chi connectivity index (χ1n) is 8.75. The van der Waals surface area contributed by atoms with E-state index in [1.165, 1.54) is 19.2 Å². The van der Waals surface area contributed by atoms with Gasteiger partial charge in [-0.3, -0.25) is 4.79 Å². The van der Waals surface area contributed by atoms with Crippen LogP contribution in [-0.2, 0) is 11.2 Å². The number of carbonyl (C=O) groups excluding carboxylic acids is 2. The number of hydrogen-bond donors (Lipinski definition) is 0. The van der Waals surface area contributed by atoms with Gasteiger partial charge in [-0.25, -0.2) is 4.79 Å². The van der Waals surface area contributed by atoms with Gasteiger partial charge >= 0.3 is 5.97 Å². The van der Waals surface area contributed by atoms with Gasteiger partial charge in [-0.1, -0.05) is 42.8 Å². The Labute approximate surface area is 164 Å². The smallest absolute Gasteiger partial charge is 0.339 e. The summed E-state index contributed by atoms with van der Waals surface area (Å²) in [7, 11) is 1.45. The fraction of sp³-hybridized carbons (Fsp3) is 0.333. The Balaban J connectivity index is 2.15. The van der Waals surface area contributed by atoms with Gasteiger partial charge in [0.25, 0.3) is 0 Å². The van der Waals surface area contributed by atoms with E-state index in [9.17, 15) is 9.59 Å². The van der Waals surface area contributed by atoms with Crippen molar-refractivity contribution in [1.29, 1.82) is 0 Å². The maximum atomic E-state index is 12.5. The van der Waals surface area contributed by atoms with E-state index >= 15 is 0 Å². The Morgan fingerprint density at radius 1 is 1.07 bits per heavy atom. The van der Waals surface area contributed by atoms with Gasteiger partial charge in [0.2, 0.25) is 5.78 Å². The summed E-state index contributed by atoms with van der Waals surface area (Å²) < 4.78 is 16.0. The summed E-state index contributed by atoms with van der Waals surface area (Å²) >= 11 is 6.18. The Bertz CT molecular complexity index is 814. The minimum absolute atomic E-state index is 0.182. The third kappa shape index (κ3) is 5.01. The predicted molar refractivity (Wildman–Crippen MR) is 104 cm³/mol. The Kier molecular flexibility index (Phi) is 7.25. The van der Waals surface area contributed by atoms with Gasteiger partial charge in [-0.05, 0) is 38.0 Å². The molecule has 0 aliphatic rings. The monoisotopic (exact) mass is 390 g/mol. The molecule has 0 saturated carbocycles. The molecule has 0 aromatic heterocycles. The third-order valence-corrected chi connectivity index (χ3v) is 4.33. The lowest BCUT2D eigenvalue weighted by molar-refractivity contribution is 0.0318. The van der Waals surface area contributed by atoms with Crippen LogP contribution in [0.3, 0.4) is 0 Å². The van der Waals surface area contributed by atoms with E-state index in [0.717, 1.165) is 12.0 Å². The molecule has 0 bridgehead atoms. The number of benzene rings is 2. The van der Waals surface area contributed by atoms with E-state index in [4.69, 9.17) is 25.8 Å². The van der Waals surface area contributed by atoms with Crippen LogP contribution in [0.25, 0.3) is 0 Å². The Morgan fingerprint density at radius 2 is 1.74 bits per heavy atom. The highest BCUT2D eigenvalue weighted by Crippen LogP contribution is 2.36. The highest BCUT2D eigenvalue weighted by molar-refractivity contribution is 6.32. The van der Waals surface area contributed by atoms with Crippen LogP contribution in [-0.4, -0.2) is 31.6 Å². The molecule has 5 nitrogen and oxygen atoms in total. The number of halogens is 1. The first-order valence-corrected chi connectivity index (χ1v) is 9.13. The first-order chi connectivity index (χ1) is 12.9. The lowest BCUT2D eigenvalue weighted by atomic mass is 10.0. The van der Waals surface area contributed by atoms with Gasteiger partial charge in [0.15, 0.2) is 17.6 Å². The van der Waals surface area contributed by atoms with Crippen molar-refractivity contribution in [3.05, 3.63) is 58.1 Å². The summed E-state index contributed by atoms with van der Waals surface area (Å²) in [4.78, 5) is 24.9. The molecule has 0 saturated heterocycles. The largest absolute Gasteiger partial charge is 0.493 e. The van der Waals surface area contributed by atoms with Gasteiger partial charge in [-0.2, -0.15) is 0 Å². The lowest BCUT2D eigenvalue weighted by Gasteiger charge is -2.15. The van der Waals surface area contributed by atoms with Crippen LogP contribution in [0.15, 0.2) is 36.4 Å². The zero-order chi connectivity index (χ0) is 20.0. The van der Waals surface area contributed by atoms with Gasteiger partial charge in [0, 0.05) is 5.56 Å². The van der Waals surface area contributed by atoms with E-state index in [-0.39, 0.29) is 16.4 Å². The second kappa shape index (κ2) is 9.42. The van der Waals surface area contributed by atoms with Gasteiger partial charge in [-0.15, -0.1) is 0 Å². The molecule has 0 aliphatic heterocycles. The second-order valence-electron chi connectivity index (χ2n) is 5.88. The molecule has 1 atom stereocenters. The summed E-state index contributed by atoms with van der Waals surface area (Å²) in [5.74, 6) is -0.247. The van der Waals surface area contributed by atoms with Crippen molar-refractivity contribution in [3.8, 4) is 11.5 Å². The molecule has 2 rings (SSSR count). The minimum atomic E-state index is -0.929. The molecule has 0 aliphatic carbocycles. The maximum Gasteiger partial charge on any atom is 0.339 e. The number of methoxy groups -OCH3 is 1. The highest BCUT2D eigenvalue weighted by atomic mass is 35.5. The Morgan fingerprint density at radius 3 is 2.30 bits per heavy atom. The van der Waals surface area contributed by atoms with Crippen LogP contribution in [0.5, 0.6) is 11.5 Å². The first kappa shape index (κ1) is 20.8. The molecule has 0 N–H and O–H groups in total. The summed E-state index contributed by atoms with van der Waals surface area (Å²) in [5, 5.41) is 0.234. The molecule has 2 aromatic rings. The van der Waals surface area contributed by atoms with E-state index in [1.54, 1.807) is 19.1 Å². The molecule has 0 spiro atoms. The fourth-order valence-electron chi connectivity index (χ4n) is 2.54. The average molecular weight is 391 g/mol. The predicted octanol–water partition coefficient (Wildman–Crippen LogP) is 4.74. The SMILES string of the molecule is CCOc1c(Cl)cc(C(=O)O[C@H](C)C(=O)c2ccc(CC)cc2)cc1OC. The number of ether oxygens (including phenoxy) is 3. The molecular weight excluding hydrogens is 368 g/mol. The van der Waals surface area contributed by atoms with Gasteiger partial charge in [0.1, 0.15) is 0 Å². The normalized spacial score (nSPS) is 11.6. The lowest BCUT2D eigenvalue weighted by Crippen LogP contribution is -2.24. The molecule has 6 heteroatoms. The quantitative estimate of drug-likeness (QED) is 0.481.